The lowest BCUT2D eigenvalue weighted by Gasteiger charge is -2.15. The van der Waals surface area contributed by atoms with Crippen molar-refractivity contribution in [1.29, 1.82) is 0 Å². The molecule has 34 heavy (non-hydrogen) atoms. The van der Waals surface area contributed by atoms with Crippen molar-refractivity contribution >= 4 is 39.2 Å². The Labute approximate surface area is 193 Å². The van der Waals surface area contributed by atoms with Gasteiger partial charge in [-0.25, -0.2) is 4.68 Å². The van der Waals surface area contributed by atoms with Crippen LogP contribution in [0.4, 0.5) is 11.5 Å². The van der Waals surface area contributed by atoms with Crippen LogP contribution in [-0.4, -0.2) is 25.2 Å². The number of nitrogens with one attached hydrogen (secondary N) is 1. The number of hydrogen-bond donors (Lipinski definition) is 1. The van der Waals surface area contributed by atoms with E-state index in [2.05, 4.69) is 10.4 Å². The van der Waals surface area contributed by atoms with Crippen LogP contribution in [0.1, 0.15) is 5.69 Å². The zero-order chi connectivity index (χ0) is 23.8. The number of benzene rings is 3. The highest BCUT2D eigenvalue weighted by Crippen LogP contribution is 2.22. The molecule has 5 rings (SSSR count). The first-order valence-corrected chi connectivity index (χ1v) is 10.5. The second kappa shape index (κ2) is 8.28. The Morgan fingerprint density at radius 3 is 2.15 bits per heavy atom. The predicted molar refractivity (Wildman–Crippen MR) is 129 cm³/mol. The van der Waals surface area contributed by atoms with Crippen molar-refractivity contribution < 1.29 is 9.72 Å². The number of hydrogen-bond acceptors (Lipinski definition) is 5. The van der Waals surface area contributed by atoms with Gasteiger partial charge in [0.15, 0.2) is 5.43 Å². The zero-order valence-corrected chi connectivity index (χ0v) is 18.1. The number of pyridine rings is 1. The Hall–Kier alpha value is -4.79. The molecule has 0 saturated heterocycles. The Kier molecular flexibility index (Phi) is 5.14. The monoisotopic (exact) mass is 453 g/mol. The van der Waals surface area contributed by atoms with E-state index in [4.69, 9.17) is 0 Å². The molecule has 1 amide bonds. The third-order valence-corrected chi connectivity index (χ3v) is 5.58. The zero-order valence-electron chi connectivity index (χ0n) is 18.1. The van der Waals surface area contributed by atoms with Gasteiger partial charge in [-0.3, -0.25) is 19.7 Å². The number of rotatable bonds is 5. The number of carbonyl (C=O) groups excluding carboxylic acids is 1. The maximum Gasteiger partial charge on any atom is 0.269 e. The van der Waals surface area contributed by atoms with E-state index in [0.29, 0.717) is 39.0 Å². The highest BCUT2D eigenvalue weighted by Gasteiger charge is 2.16. The fraction of sp³-hybridized carbons (Fsp3) is 0.0800. The lowest BCUT2D eigenvalue weighted by molar-refractivity contribution is -0.384. The molecule has 0 saturated carbocycles. The Morgan fingerprint density at radius 1 is 0.971 bits per heavy atom. The summed E-state index contributed by atoms with van der Waals surface area (Å²) in [5.41, 5.74) is 2.48. The maximum atomic E-state index is 13.1. The molecule has 9 heteroatoms. The number of nitro groups is 1. The van der Waals surface area contributed by atoms with Crippen molar-refractivity contribution in [1.82, 2.24) is 14.3 Å². The van der Waals surface area contributed by atoms with Crippen LogP contribution in [0.15, 0.2) is 83.7 Å². The largest absolute Gasteiger partial charge is 0.331 e. The first-order chi connectivity index (χ1) is 16.4. The summed E-state index contributed by atoms with van der Waals surface area (Å²) >= 11 is 0. The second-order valence-electron chi connectivity index (χ2n) is 7.85. The molecule has 2 heterocycles. The van der Waals surface area contributed by atoms with Crippen LogP contribution < -0.4 is 10.7 Å². The first kappa shape index (κ1) is 21.1. The quantitative estimate of drug-likeness (QED) is 0.244. The normalized spacial score (nSPS) is 11.1. The molecule has 0 aliphatic heterocycles. The molecular weight excluding hydrogens is 434 g/mol. The molecule has 9 nitrogen and oxygen atoms in total. The summed E-state index contributed by atoms with van der Waals surface area (Å²) in [6, 6.07) is 22.1. The van der Waals surface area contributed by atoms with E-state index < -0.39 is 4.92 Å². The molecule has 0 unspecified atom stereocenters. The van der Waals surface area contributed by atoms with Crippen LogP contribution in [-0.2, 0) is 11.3 Å². The smallest absolute Gasteiger partial charge is 0.269 e. The van der Waals surface area contributed by atoms with Gasteiger partial charge in [0.2, 0.25) is 5.91 Å². The van der Waals surface area contributed by atoms with Gasteiger partial charge in [-0.05, 0) is 43.3 Å². The molecule has 2 aromatic heterocycles. The summed E-state index contributed by atoms with van der Waals surface area (Å²) in [6.07, 6.45) is 0. The van der Waals surface area contributed by atoms with E-state index in [-0.39, 0.29) is 23.6 Å². The number of nitro benzene ring substituents is 1. The minimum atomic E-state index is -0.472. The first-order valence-electron chi connectivity index (χ1n) is 10.5. The van der Waals surface area contributed by atoms with E-state index in [1.807, 2.05) is 28.8 Å². The molecule has 0 fully saturated rings. The molecule has 5 aromatic rings. The van der Waals surface area contributed by atoms with Gasteiger partial charge in [-0.1, -0.05) is 24.3 Å². The maximum absolute atomic E-state index is 13.1. The Bertz CT molecular complexity index is 1570. The van der Waals surface area contributed by atoms with Gasteiger partial charge in [0.25, 0.3) is 5.69 Å². The third kappa shape index (κ3) is 3.69. The van der Waals surface area contributed by atoms with Crippen molar-refractivity contribution in [2.24, 2.45) is 0 Å². The van der Waals surface area contributed by atoms with Gasteiger partial charge in [0.1, 0.15) is 12.4 Å². The average molecular weight is 453 g/mol. The van der Waals surface area contributed by atoms with E-state index in [1.54, 1.807) is 49.4 Å². The fourth-order valence-electron chi connectivity index (χ4n) is 4.07. The summed E-state index contributed by atoms with van der Waals surface area (Å²) in [5.74, 6) is 0.132. The fourth-order valence-corrected chi connectivity index (χ4v) is 4.07. The molecule has 0 aliphatic rings. The van der Waals surface area contributed by atoms with Gasteiger partial charge in [0.05, 0.1) is 27.3 Å². The van der Waals surface area contributed by atoms with Crippen LogP contribution in [0, 0.1) is 17.0 Å². The van der Waals surface area contributed by atoms with Crippen molar-refractivity contribution in [2.75, 3.05) is 5.32 Å². The van der Waals surface area contributed by atoms with Crippen LogP contribution in [0.2, 0.25) is 0 Å². The van der Waals surface area contributed by atoms with Gasteiger partial charge < -0.3 is 9.88 Å². The molecule has 3 aromatic carbocycles. The van der Waals surface area contributed by atoms with Gasteiger partial charge in [-0.15, -0.1) is 0 Å². The number of non-ortho nitro benzene ring substituents is 1. The van der Waals surface area contributed by atoms with Crippen molar-refractivity contribution in [3.63, 3.8) is 0 Å². The number of anilines is 1. The van der Waals surface area contributed by atoms with Gasteiger partial charge in [0, 0.05) is 29.0 Å². The summed E-state index contributed by atoms with van der Waals surface area (Å²) in [6.45, 7) is 1.77. The van der Waals surface area contributed by atoms with Crippen LogP contribution in [0.5, 0.6) is 0 Å². The van der Waals surface area contributed by atoms with Crippen LogP contribution >= 0.6 is 0 Å². The molecule has 1 N–H and O–H groups in total. The molecule has 0 atom stereocenters. The lowest BCUT2D eigenvalue weighted by Crippen LogP contribution is -2.22. The third-order valence-electron chi connectivity index (χ3n) is 5.58. The minimum Gasteiger partial charge on any atom is -0.331 e. The van der Waals surface area contributed by atoms with Gasteiger partial charge in [-0.2, -0.15) is 5.10 Å². The number of amides is 1. The summed E-state index contributed by atoms with van der Waals surface area (Å²) in [4.78, 5) is 36.5. The summed E-state index contributed by atoms with van der Waals surface area (Å²) < 4.78 is 3.35. The number of nitrogens with zero attached hydrogens (tertiary/aromatic N) is 4. The van der Waals surface area contributed by atoms with E-state index in [1.165, 1.54) is 16.8 Å². The minimum absolute atomic E-state index is 0.0220. The number of carbonyl (C=O) groups is 1. The summed E-state index contributed by atoms with van der Waals surface area (Å²) in [7, 11) is 0. The standard InChI is InChI=1S/C25H19N5O4/c1-16-14-23(29(27-16)17-10-12-18(13-11-17)30(33)34)26-24(31)15-28-21-8-4-2-6-19(21)25(32)20-7-3-5-9-22(20)28/h2-14H,15H2,1H3,(H,26,31). The number of aryl methyl sites for hydroxylation is 1. The Morgan fingerprint density at radius 2 is 1.56 bits per heavy atom. The van der Waals surface area contributed by atoms with Crippen molar-refractivity contribution in [2.45, 2.75) is 13.5 Å². The topological polar surface area (TPSA) is 112 Å². The molecular formula is C25H19N5O4. The molecule has 168 valence electrons. The lowest BCUT2D eigenvalue weighted by atomic mass is 10.1. The van der Waals surface area contributed by atoms with E-state index >= 15 is 0 Å². The Balaban J connectivity index is 1.51. The van der Waals surface area contributed by atoms with E-state index in [9.17, 15) is 19.7 Å². The number of fused-ring (bicyclic) bond motifs is 2. The van der Waals surface area contributed by atoms with Crippen LogP contribution in [0.25, 0.3) is 27.5 Å². The highest BCUT2D eigenvalue weighted by atomic mass is 16.6. The molecule has 0 spiro atoms. The van der Waals surface area contributed by atoms with E-state index in [0.717, 1.165) is 0 Å². The second-order valence-corrected chi connectivity index (χ2v) is 7.85. The number of aromatic nitrogens is 3. The molecule has 0 bridgehead atoms. The SMILES string of the molecule is Cc1cc(NC(=O)Cn2c3ccccc3c(=O)c3ccccc32)n(-c2ccc([N+](=O)[O-])cc2)n1. The van der Waals surface area contributed by atoms with Gasteiger partial charge >= 0.3 is 0 Å². The highest BCUT2D eigenvalue weighted by molar-refractivity contribution is 5.97. The predicted octanol–water partition coefficient (Wildman–Crippen LogP) is 4.20. The average Bonchev–Trinajstić information content (AvgIpc) is 3.21. The van der Waals surface area contributed by atoms with Crippen molar-refractivity contribution in [3.05, 3.63) is 105 Å². The molecule has 0 aliphatic carbocycles. The number of para-hydroxylation sites is 2. The van der Waals surface area contributed by atoms with Crippen molar-refractivity contribution in [3.8, 4) is 5.69 Å². The molecule has 0 radical (unpaired) electrons. The van der Waals surface area contributed by atoms with Crippen LogP contribution in [0.3, 0.4) is 0 Å². The summed E-state index contributed by atoms with van der Waals surface area (Å²) in [5, 5.41) is 19.3.